The van der Waals surface area contributed by atoms with E-state index in [-0.39, 0.29) is 12.0 Å². The molecule has 4 aliphatic rings. The SMILES string of the molecule is O=C(O[C@@H]1C[N+]2(CCCOc3ccccc3)CCC1CC2)[C@](O)(c1cccs1)C1CCCC1. The molecule has 2 atom stereocenters. The Hall–Kier alpha value is -1.89. The number of para-hydroxylation sites is 1. The summed E-state index contributed by atoms with van der Waals surface area (Å²) in [5, 5.41) is 13.6. The molecule has 1 aromatic carbocycles. The van der Waals surface area contributed by atoms with Crippen LogP contribution < -0.4 is 4.74 Å². The lowest BCUT2D eigenvalue weighted by molar-refractivity contribution is -0.946. The summed E-state index contributed by atoms with van der Waals surface area (Å²) in [4.78, 5) is 14.3. The first kappa shape index (κ1) is 22.9. The lowest BCUT2D eigenvalue weighted by Crippen LogP contribution is -2.65. The summed E-state index contributed by atoms with van der Waals surface area (Å²) < 4.78 is 13.1. The monoisotopic (exact) mass is 470 g/mol. The molecule has 1 aliphatic carbocycles. The summed E-state index contributed by atoms with van der Waals surface area (Å²) in [6.07, 6.45) is 7.00. The molecule has 3 saturated heterocycles. The van der Waals surface area contributed by atoms with Crippen LogP contribution in [0.5, 0.6) is 5.75 Å². The van der Waals surface area contributed by atoms with Gasteiger partial charge in [0.25, 0.3) is 0 Å². The maximum Gasteiger partial charge on any atom is 0.344 e. The van der Waals surface area contributed by atoms with E-state index in [2.05, 4.69) is 0 Å². The van der Waals surface area contributed by atoms with Gasteiger partial charge in [-0.15, -0.1) is 11.3 Å². The Kier molecular flexibility index (Phi) is 6.77. The van der Waals surface area contributed by atoms with E-state index in [1.807, 2.05) is 47.8 Å². The van der Waals surface area contributed by atoms with Crippen LogP contribution in [0.3, 0.4) is 0 Å². The molecule has 0 spiro atoms. The second-order valence-electron chi connectivity index (χ2n) is 10.2. The number of carbonyl (C=O) groups excluding carboxylic acids is 1. The molecule has 6 rings (SSSR count). The van der Waals surface area contributed by atoms with Crippen LogP contribution in [-0.4, -0.2) is 54.4 Å². The van der Waals surface area contributed by atoms with Gasteiger partial charge in [-0.25, -0.2) is 4.79 Å². The van der Waals surface area contributed by atoms with Gasteiger partial charge in [-0.3, -0.25) is 0 Å². The molecule has 33 heavy (non-hydrogen) atoms. The number of carbonyl (C=O) groups is 1. The first-order chi connectivity index (χ1) is 16.1. The highest BCUT2D eigenvalue weighted by atomic mass is 32.1. The third kappa shape index (κ3) is 4.71. The largest absolute Gasteiger partial charge is 0.493 e. The lowest BCUT2D eigenvalue weighted by Gasteiger charge is -2.52. The van der Waals surface area contributed by atoms with Crippen LogP contribution in [0.4, 0.5) is 0 Å². The van der Waals surface area contributed by atoms with Crippen molar-refractivity contribution in [3.63, 3.8) is 0 Å². The molecule has 3 aliphatic heterocycles. The van der Waals surface area contributed by atoms with E-state index in [0.717, 1.165) is 86.2 Å². The fourth-order valence-corrected chi connectivity index (χ4v) is 7.20. The Labute approximate surface area is 200 Å². The maximum atomic E-state index is 13.5. The fourth-order valence-electron chi connectivity index (χ4n) is 6.31. The van der Waals surface area contributed by atoms with E-state index >= 15 is 0 Å². The van der Waals surface area contributed by atoms with Crippen LogP contribution in [0.25, 0.3) is 0 Å². The number of hydrogen-bond donors (Lipinski definition) is 1. The molecule has 2 bridgehead atoms. The molecular weight excluding hydrogens is 434 g/mol. The normalized spacial score (nSPS) is 29.0. The maximum absolute atomic E-state index is 13.5. The van der Waals surface area contributed by atoms with E-state index in [1.54, 1.807) is 0 Å². The number of esters is 1. The van der Waals surface area contributed by atoms with Crippen molar-refractivity contribution in [1.29, 1.82) is 0 Å². The van der Waals surface area contributed by atoms with Crippen molar-refractivity contribution in [1.82, 2.24) is 0 Å². The number of fused-ring (bicyclic) bond motifs is 3. The molecule has 0 amide bonds. The predicted molar refractivity (Wildman–Crippen MR) is 129 cm³/mol. The molecule has 4 heterocycles. The Bertz CT molecular complexity index is 903. The Morgan fingerprint density at radius 1 is 1.06 bits per heavy atom. The highest BCUT2D eigenvalue weighted by Crippen LogP contribution is 2.44. The lowest BCUT2D eigenvalue weighted by atomic mass is 9.82. The number of ether oxygens (including phenoxy) is 2. The number of piperidine rings is 3. The Morgan fingerprint density at radius 2 is 1.82 bits per heavy atom. The van der Waals surface area contributed by atoms with Gasteiger partial charge in [-0.2, -0.15) is 0 Å². The van der Waals surface area contributed by atoms with Gasteiger partial charge in [-0.05, 0) is 36.4 Å². The van der Waals surface area contributed by atoms with Crippen molar-refractivity contribution in [2.45, 2.75) is 56.7 Å². The van der Waals surface area contributed by atoms with Gasteiger partial charge in [-0.1, -0.05) is 37.1 Å². The molecule has 0 unspecified atom stereocenters. The number of thiophene rings is 1. The zero-order valence-electron chi connectivity index (χ0n) is 19.4. The van der Waals surface area contributed by atoms with Crippen molar-refractivity contribution >= 4 is 17.3 Å². The topological polar surface area (TPSA) is 55.8 Å². The zero-order valence-corrected chi connectivity index (χ0v) is 20.2. The van der Waals surface area contributed by atoms with Crippen molar-refractivity contribution < 1.29 is 23.9 Å². The highest BCUT2D eigenvalue weighted by molar-refractivity contribution is 7.10. The van der Waals surface area contributed by atoms with Crippen molar-refractivity contribution in [2.75, 3.05) is 32.8 Å². The summed E-state index contributed by atoms with van der Waals surface area (Å²) in [6.45, 7) is 4.93. The number of benzene rings is 1. The summed E-state index contributed by atoms with van der Waals surface area (Å²) in [5.74, 6) is 0.885. The fraction of sp³-hybridized carbons (Fsp3) is 0.593. The highest BCUT2D eigenvalue weighted by Gasteiger charge is 2.53. The summed E-state index contributed by atoms with van der Waals surface area (Å²) in [5.41, 5.74) is -1.49. The summed E-state index contributed by atoms with van der Waals surface area (Å²) >= 11 is 1.46. The van der Waals surface area contributed by atoms with Crippen molar-refractivity contribution in [3.05, 3.63) is 52.7 Å². The minimum absolute atomic E-state index is 0.0389. The van der Waals surface area contributed by atoms with E-state index in [1.165, 1.54) is 11.3 Å². The molecule has 1 N–H and O–H groups in total. The molecule has 1 aromatic heterocycles. The average molecular weight is 471 g/mol. The van der Waals surface area contributed by atoms with E-state index in [4.69, 9.17) is 9.47 Å². The van der Waals surface area contributed by atoms with Gasteiger partial charge >= 0.3 is 5.97 Å². The number of nitrogens with zero attached hydrogens (tertiary/aromatic N) is 1. The molecule has 2 aromatic rings. The molecule has 0 radical (unpaired) electrons. The third-order valence-corrected chi connectivity index (χ3v) is 9.24. The molecule has 6 heteroatoms. The van der Waals surface area contributed by atoms with E-state index in [0.29, 0.717) is 12.5 Å². The van der Waals surface area contributed by atoms with Crippen LogP contribution in [0, 0.1) is 11.8 Å². The Balaban J connectivity index is 1.22. The molecule has 5 nitrogen and oxygen atoms in total. The number of quaternary nitrogens is 1. The zero-order chi connectivity index (χ0) is 22.7. The standard InChI is InChI=1S/C27H36NO4S/c29-26(27(30,22-8-4-5-9-22)25-12-6-19-33-25)32-24-20-28(16-13-21(24)14-17-28)15-7-18-31-23-10-2-1-3-11-23/h1-3,6,10-12,19,21-22,24,30H,4-5,7-9,13-18,20H2/q+1/t21?,24-,27-,28?/m1/s1. The molecule has 1 saturated carbocycles. The third-order valence-electron chi connectivity index (χ3n) is 8.24. The molecular formula is C27H36NO4S+. The quantitative estimate of drug-likeness (QED) is 0.327. The number of aliphatic hydroxyl groups is 1. The number of hydrogen-bond acceptors (Lipinski definition) is 5. The van der Waals surface area contributed by atoms with Crippen molar-refractivity contribution in [3.8, 4) is 5.75 Å². The van der Waals surface area contributed by atoms with Crippen molar-refractivity contribution in [2.24, 2.45) is 11.8 Å². The van der Waals surface area contributed by atoms with Gasteiger partial charge < -0.3 is 19.1 Å². The molecule has 178 valence electrons. The van der Waals surface area contributed by atoms with Gasteiger partial charge in [0.2, 0.25) is 0 Å². The Morgan fingerprint density at radius 3 is 2.52 bits per heavy atom. The average Bonchev–Trinajstić information content (AvgIpc) is 3.58. The molecule has 4 fully saturated rings. The first-order valence-corrected chi connectivity index (χ1v) is 13.5. The minimum atomic E-state index is -1.49. The van der Waals surface area contributed by atoms with Crippen LogP contribution in [0.15, 0.2) is 47.8 Å². The van der Waals surface area contributed by atoms with Gasteiger partial charge in [0.15, 0.2) is 11.7 Å². The summed E-state index contributed by atoms with van der Waals surface area (Å²) in [7, 11) is 0. The van der Waals surface area contributed by atoms with Gasteiger partial charge in [0.05, 0.1) is 26.2 Å². The van der Waals surface area contributed by atoms with E-state index in [9.17, 15) is 9.90 Å². The second kappa shape index (κ2) is 9.77. The van der Waals surface area contributed by atoms with Crippen LogP contribution >= 0.6 is 11.3 Å². The van der Waals surface area contributed by atoms with E-state index < -0.39 is 11.6 Å². The first-order valence-electron chi connectivity index (χ1n) is 12.6. The smallest absolute Gasteiger partial charge is 0.344 e. The summed E-state index contributed by atoms with van der Waals surface area (Å²) in [6, 6.07) is 13.8. The minimum Gasteiger partial charge on any atom is -0.493 e. The van der Waals surface area contributed by atoms with Crippen LogP contribution in [0.2, 0.25) is 0 Å². The van der Waals surface area contributed by atoms with Crippen LogP contribution in [0.1, 0.15) is 49.8 Å². The predicted octanol–water partition coefficient (Wildman–Crippen LogP) is 4.75. The van der Waals surface area contributed by atoms with Crippen LogP contribution in [-0.2, 0) is 15.1 Å². The van der Waals surface area contributed by atoms with Gasteiger partial charge in [0, 0.05) is 36.0 Å². The second-order valence-corrected chi connectivity index (χ2v) is 11.2. The van der Waals surface area contributed by atoms with Gasteiger partial charge in [0.1, 0.15) is 12.3 Å². The number of rotatable bonds is 9.